The Balaban J connectivity index is 1.92. The fraction of sp³-hybridized carbons (Fsp3) is 0.333. The van der Waals surface area contributed by atoms with E-state index in [1.807, 2.05) is 24.3 Å². The molecule has 21 heavy (non-hydrogen) atoms. The molecule has 1 amide bonds. The quantitative estimate of drug-likeness (QED) is 0.654. The monoisotopic (exact) mass is 288 g/mol. The van der Waals surface area contributed by atoms with Crippen molar-refractivity contribution in [3.05, 3.63) is 35.4 Å². The minimum atomic E-state index is -0.522. The molecule has 2 rings (SSSR count). The van der Waals surface area contributed by atoms with Crippen molar-refractivity contribution in [2.45, 2.75) is 32.8 Å². The van der Waals surface area contributed by atoms with Crippen LogP contribution in [0.15, 0.2) is 29.4 Å². The molecule has 0 radical (unpaired) electrons. The molecule has 0 saturated heterocycles. The molecule has 0 aliphatic carbocycles. The molecule has 0 aromatic heterocycles. The van der Waals surface area contributed by atoms with Gasteiger partial charge in [0.15, 0.2) is 0 Å². The van der Waals surface area contributed by atoms with Crippen molar-refractivity contribution in [1.82, 2.24) is 5.43 Å². The average molecular weight is 288 g/mol. The fourth-order valence-electron chi connectivity index (χ4n) is 1.89. The molecule has 0 atom stereocenters. The van der Waals surface area contributed by atoms with Crippen LogP contribution in [-0.4, -0.2) is 23.4 Å². The number of rotatable bonds is 5. The molecule has 6 heteroatoms. The van der Waals surface area contributed by atoms with E-state index >= 15 is 0 Å². The first kappa shape index (κ1) is 14.9. The van der Waals surface area contributed by atoms with Gasteiger partial charge in [0.2, 0.25) is 5.91 Å². The third-order valence-electron chi connectivity index (χ3n) is 2.98. The van der Waals surface area contributed by atoms with Gasteiger partial charge in [0, 0.05) is 12.8 Å². The van der Waals surface area contributed by atoms with Crippen molar-refractivity contribution in [3.8, 4) is 0 Å². The van der Waals surface area contributed by atoms with Gasteiger partial charge < -0.3 is 4.74 Å². The number of Topliss-reactive ketones (excluding diaryl/α,β-unsaturated/α-hetero) is 1. The normalized spacial score (nSPS) is 14.1. The number of hydrogen-bond acceptors (Lipinski definition) is 5. The van der Waals surface area contributed by atoms with Crippen LogP contribution in [0.4, 0.5) is 0 Å². The first-order chi connectivity index (χ1) is 10.0. The topological polar surface area (TPSA) is 84.8 Å². The third-order valence-corrected chi connectivity index (χ3v) is 2.98. The molecular formula is C15H16N2O4. The molecule has 1 aliphatic rings. The lowest BCUT2D eigenvalue weighted by molar-refractivity contribution is -0.146. The molecule has 1 aliphatic heterocycles. The second-order valence-electron chi connectivity index (χ2n) is 4.83. The first-order valence-corrected chi connectivity index (χ1v) is 6.64. The number of nitrogens with zero attached hydrogens (tertiary/aromatic N) is 1. The number of amides is 1. The van der Waals surface area contributed by atoms with Crippen LogP contribution in [0.1, 0.15) is 37.3 Å². The Hall–Kier alpha value is -2.50. The van der Waals surface area contributed by atoms with Gasteiger partial charge >= 0.3 is 5.97 Å². The van der Waals surface area contributed by atoms with Gasteiger partial charge in [0.25, 0.3) is 0 Å². The van der Waals surface area contributed by atoms with Crippen molar-refractivity contribution in [1.29, 1.82) is 0 Å². The molecule has 0 bridgehead atoms. The Bertz CT molecular complexity index is 590. The summed E-state index contributed by atoms with van der Waals surface area (Å²) in [7, 11) is 0. The summed E-state index contributed by atoms with van der Waals surface area (Å²) < 4.78 is 4.99. The van der Waals surface area contributed by atoms with Gasteiger partial charge in [-0.2, -0.15) is 5.10 Å². The first-order valence-electron chi connectivity index (χ1n) is 6.64. The highest BCUT2D eigenvalue weighted by atomic mass is 16.5. The maximum Gasteiger partial charge on any atom is 0.313 e. The summed E-state index contributed by atoms with van der Waals surface area (Å²) >= 11 is 0. The van der Waals surface area contributed by atoms with E-state index in [4.69, 9.17) is 4.74 Å². The van der Waals surface area contributed by atoms with Crippen molar-refractivity contribution < 1.29 is 19.1 Å². The highest BCUT2D eigenvalue weighted by Crippen LogP contribution is 2.12. The summed E-state index contributed by atoms with van der Waals surface area (Å²) in [5.41, 5.74) is 5.03. The molecule has 0 fully saturated rings. The van der Waals surface area contributed by atoms with Gasteiger partial charge in [-0.3, -0.25) is 14.4 Å². The second-order valence-corrected chi connectivity index (χ2v) is 4.83. The van der Waals surface area contributed by atoms with Crippen LogP contribution < -0.4 is 5.43 Å². The van der Waals surface area contributed by atoms with E-state index < -0.39 is 5.97 Å². The zero-order chi connectivity index (χ0) is 15.2. The Morgan fingerprint density at radius 3 is 2.52 bits per heavy atom. The van der Waals surface area contributed by atoms with Gasteiger partial charge in [-0.25, -0.2) is 5.43 Å². The average Bonchev–Trinajstić information content (AvgIpc) is 2.46. The third kappa shape index (κ3) is 4.52. The Labute approximate surface area is 122 Å². The standard InChI is InChI=1S/C15H16N2O4/c1-10(18)8-15(20)21-9-11-2-4-12(5-3-11)13-6-7-14(19)17-16-13/h2-5H,6-9H2,1H3,(H,17,19). The molecule has 1 aromatic carbocycles. The zero-order valence-corrected chi connectivity index (χ0v) is 11.7. The molecule has 0 saturated carbocycles. The molecule has 6 nitrogen and oxygen atoms in total. The number of hydrazone groups is 1. The number of carbonyl (C=O) groups is 3. The number of nitrogens with one attached hydrogen (secondary N) is 1. The Morgan fingerprint density at radius 2 is 1.95 bits per heavy atom. The van der Waals surface area contributed by atoms with Gasteiger partial charge in [-0.05, 0) is 18.1 Å². The van der Waals surface area contributed by atoms with E-state index in [0.717, 1.165) is 16.8 Å². The predicted octanol–water partition coefficient (Wildman–Crippen LogP) is 1.32. The minimum Gasteiger partial charge on any atom is -0.460 e. The highest BCUT2D eigenvalue weighted by Gasteiger charge is 2.13. The van der Waals surface area contributed by atoms with E-state index in [1.165, 1.54) is 6.92 Å². The van der Waals surface area contributed by atoms with Crippen molar-refractivity contribution in [2.75, 3.05) is 0 Å². The van der Waals surface area contributed by atoms with Gasteiger partial charge in [-0.15, -0.1) is 0 Å². The molecule has 0 unspecified atom stereocenters. The van der Waals surface area contributed by atoms with Crippen LogP contribution in [0.25, 0.3) is 0 Å². The Kier molecular flexibility index (Phi) is 4.81. The minimum absolute atomic E-state index is 0.0762. The summed E-state index contributed by atoms with van der Waals surface area (Å²) in [5, 5.41) is 4.01. The summed E-state index contributed by atoms with van der Waals surface area (Å²) in [5.74, 6) is -0.814. The molecule has 1 heterocycles. The van der Waals surface area contributed by atoms with Crippen LogP contribution in [0.3, 0.4) is 0 Å². The maximum atomic E-state index is 11.3. The number of carbonyl (C=O) groups excluding carboxylic acids is 3. The zero-order valence-electron chi connectivity index (χ0n) is 11.7. The second kappa shape index (κ2) is 6.78. The van der Waals surface area contributed by atoms with Crippen molar-refractivity contribution in [3.63, 3.8) is 0 Å². The maximum absolute atomic E-state index is 11.3. The lowest BCUT2D eigenvalue weighted by atomic mass is 10.0. The van der Waals surface area contributed by atoms with Crippen molar-refractivity contribution in [2.24, 2.45) is 5.10 Å². The summed E-state index contributed by atoms with van der Waals surface area (Å²) in [6.45, 7) is 1.48. The fourth-order valence-corrected chi connectivity index (χ4v) is 1.89. The lowest BCUT2D eigenvalue weighted by Gasteiger charge is -2.12. The number of ketones is 1. The van der Waals surface area contributed by atoms with Crippen LogP contribution in [0.2, 0.25) is 0 Å². The summed E-state index contributed by atoms with van der Waals surface area (Å²) in [6, 6.07) is 7.39. The van der Waals surface area contributed by atoms with Crippen LogP contribution >= 0.6 is 0 Å². The van der Waals surface area contributed by atoms with E-state index in [0.29, 0.717) is 12.8 Å². The number of ether oxygens (including phenoxy) is 1. The number of hydrogen-bond donors (Lipinski definition) is 1. The molecule has 110 valence electrons. The lowest BCUT2D eigenvalue weighted by Crippen LogP contribution is -2.25. The molecule has 1 N–H and O–H groups in total. The van der Waals surface area contributed by atoms with Gasteiger partial charge in [-0.1, -0.05) is 24.3 Å². The van der Waals surface area contributed by atoms with E-state index in [-0.39, 0.29) is 24.7 Å². The largest absolute Gasteiger partial charge is 0.460 e. The highest BCUT2D eigenvalue weighted by molar-refractivity contribution is 6.04. The van der Waals surface area contributed by atoms with E-state index in [2.05, 4.69) is 10.5 Å². The molecular weight excluding hydrogens is 272 g/mol. The van der Waals surface area contributed by atoms with E-state index in [9.17, 15) is 14.4 Å². The van der Waals surface area contributed by atoms with Crippen LogP contribution in [-0.2, 0) is 25.7 Å². The van der Waals surface area contributed by atoms with Crippen LogP contribution in [0, 0.1) is 0 Å². The summed E-state index contributed by atoms with van der Waals surface area (Å²) in [6.07, 6.45) is 0.844. The molecule has 1 aromatic rings. The van der Waals surface area contributed by atoms with Crippen LogP contribution in [0.5, 0.6) is 0 Å². The van der Waals surface area contributed by atoms with Crippen molar-refractivity contribution >= 4 is 23.4 Å². The predicted molar refractivity (Wildman–Crippen MR) is 75.4 cm³/mol. The Morgan fingerprint density at radius 1 is 1.24 bits per heavy atom. The van der Waals surface area contributed by atoms with E-state index in [1.54, 1.807) is 0 Å². The number of esters is 1. The van der Waals surface area contributed by atoms with Gasteiger partial charge in [0.1, 0.15) is 18.8 Å². The molecule has 0 spiro atoms. The smallest absolute Gasteiger partial charge is 0.313 e. The number of benzene rings is 1. The summed E-state index contributed by atoms with van der Waals surface area (Å²) in [4.78, 5) is 33.1. The van der Waals surface area contributed by atoms with Gasteiger partial charge in [0.05, 0.1) is 5.71 Å². The SMILES string of the molecule is CC(=O)CC(=O)OCc1ccc(C2=NNC(=O)CC2)cc1.